The maximum absolute atomic E-state index is 4.34. The number of nitrogens with zero attached hydrogens (tertiary/aromatic N) is 4. The Hall–Kier alpha value is -2.63. The minimum atomic E-state index is 0.670. The second kappa shape index (κ2) is 9.02. The number of likely N-dealkylation sites (tertiary alicyclic amines) is 1. The highest BCUT2D eigenvalue weighted by molar-refractivity contribution is 5.62. The van der Waals surface area contributed by atoms with Gasteiger partial charge in [0.1, 0.15) is 0 Å². The van der Waals surface area contributed by atoms with Gasteiger partial charge >= 0.3 is 0 Å². The molecule has 3 heterocycles. The second-order valence-corrected chi connectivity index (χ2v) is 8.53. The van der Waals surface area contributed by atoms with E-state index in [1.165, 1.54) is 36.2 Å². The third-order valence-corrected chi connectivity index (χ3v) is 6.61. The van der Waals surface area contributed by atoms with Crippen LogP contribution in [0.1, 0.15) is 18.4 Å². The molecule has 2 aromatic carbocycles. The van der Waals surface area contributed by atoms with Crippen LogP contribution in [0, 0.1) is 0 Å². The summed E-state index contributed by atoms with van der Waals surface area (Å²) in [5.74, 6) is 0. The van der Waals surface area contributed by atoms with Crippen molar-refractivity contribution in [3.8, 4) is 11.3 Å². The fourth-order valence-electron chi connectivity index (χ4n) is 4.98. The molecular weight excluding hydrogens is 370 g/mol. The molecule has 0 unspecified atom stereocenters. The molecule has 0 bridgehead atoms. The van der Waals surface area contributed by atoms with Crippen LogP contribution in [0.15, 0.2) is 66.9 Å². The molecule has 2 aliphatic heterocycles. The SMILES string of the molecule is c1ccc(-c2[nH]ncc2CN2CCC[C@H](N3CCN(c4ccccc4)CC3)C2)cc1. The summed E-state index contributed by atoms with van der Waals surface area (Å²) in [6.07, 6.45) is 4.60. The van der Waals surface area contributed by atoms with E-state index in [1.807, 2.05) is 6.20 Å². The Balaban J connectivity index is 1.19. The number of aromatic nitrogens is 2. The number of para-hydroxylation sites is 1. The normalized spacial score (nSPS) is 21.1. The summed E-state index contributed by atoms with van der Waals surface area (Å²) in [5.41, 5.74) is 5.04. The summed E-state index contributed by atoms with van der Waals surface area (Å²) < 4.78 is 0. The quantitative estimate of drug-likeness (QED) is 0.705. The molecule has 0 radical (unpaired) electrons. The first-order chi connectivity index (χ1) is 14.9. The van der Waals surface area contributed by atoms with Gasteiger partial charge in [-0.15, -0.1) is 0 Å². The number of hydrogen-bond donors (Lipinski definition) is 1. The summed E-state index contributed by atoms with van der Waals surface area (Å²) in [7, 11) is 0. The largest absolute Gasteiger partial charge is 0.369 e. The Morgan fingerprint density at radius 1 is 0.867 bits per heavy atom. The molecule has 2 aliphatic rings. The van der Waals surface area contributed by atoms with Crippen molar-refractivity contribution in [1.29, 1.82) is 0 Å². The van der Waals surface area contributed by atoms with Crippen molar-refractivity contribution < 1.29 is 0 Å². The number of rotatable bonds is 5. The van der Waals surface area contributed by atoms with Gasteiger partial charge in [0.25, 0.3) is 0 Å². The van der Waals surface area contributed by atoms with Gasteiger partial charge in [-0.3, -0.25) is 14.9 Å². The van der Waals surface area contributed by atoms with Crippen LogP contribution in [0.3, 0.4) is 0 Å². The minimum absolute atomic E-state index is 0.670. The Bertz CT molecular complexity index is 915. The molecule has 0 amide bonds. The molecule has 5 rings (SSSR count). The zero-order valence-electron chi connectivity index (χ0n) is 17.6. The van der Waals surface area contributed by atoms with E-state index in [-0.39, 0.29) is 0 Å². The summed E-state index contributed by atoms with van der Waals surface area (Å²) in [5, 5.41) is 7.56. The number of benzene rings is 2. The molecular formula is C25H31N5. The molecule has 0 aliphatic carbocycles. The molecule has 0 spiro atoms. The van der Waals surface area contributed by atoms with Crippen LogP contribution in [0.25, 0.3) is 11.3 Å². The summed E-state index contributed by atoms with van der Waals surface area (Å²) in [4.78, 5) is 7.86. The van der Waals surface area contributed by atoms with Gasteiger partial charge in [0.15, 0.2) is 0 Å². The van der Waals surface area contributed by atoms with Crippen LogP contribution in [0.4, 0.5) is 5.69 Å². The van der Waals surface area contributed by atoms with Crippen LogP contribution in [-0.4, -0.2) is 65.3 Å². The lowest BCUT2D eigenvalue weighted by Crippen LogP contribution is -2.55. The van der Waals surface area contributed by atoms with E-state index >= 15 is 0 Å². The molecule has 2 fully saturated rings. The summed E-state index contributed by atoms with van der Waals surface area (Å²) in [6.45, 7) is 7.88. The van der Waals surface area contributed by atoms with Crippen LogP contribution >= 0.6 is 0 Å². The van der Waals surface area contributed by atoms with E-state index in [4.69, 9.17) is 0 Å². The Kier molecular flexibility index (Phi) is 5.82. The number of anilines is 1. The average molecular weight is 402 g/mol. The Labute approximate surface area is 179 Å². The molecule has 156 valence electrons. The van der Waals surface area contributed by atoms with E-state index in [2.05, 4.69) is 85.6 Å². The lowest BCUT2D eigenvalue weighted by molar-refractivity contribution is 0.0888. The molecule has 1 aromatic heterocycles. The molecule has 1 atom stereocenters. The number of piperazine rings is 1. The second-order valence-electron chi connectivity index (χ2n) is 8.53. The summed E-state index contributed by atoms with van der Waals surface area (Å²) >= 11 is 0. The van der Waals surface area contributed by atoms with Crippen molar-refractivity contribution in [2.45, 2.75) is 25.4 Å². The lowest BCUT2D eigenvalue weighted by atomic mass is 10.0. The first kappa shape index (κ1) is 19.3. The summed E-state index contributed by atoms with van der Waals surface area (Å²) in [6, 6.07) is 22.1. The van der Waals surface area contributed by atoms with Gasteiger partial charge in [0, 0.05) is 56.6 Å². The number of aromatic amines is 1. The third-order valence-electron chi connectivity index (χ3n) is 6.61. The fraction of sp³-hybridized carbons (Fsp3) is 0.400. The van der Waals surface area contributed by atoms with E-state index in [9.17, 15) is 0 Å². The average Bonchev–Trinajstić information content (AvgIpc) is 3.29. The van der Waals surface area contributed by atoms with E-state index < -0.39 is 0 Å². The molecule has 30 heavy (non-hydrogen) atoms. The predicted molar refractivity (Wildman–Crippen MR) is 123 cm³/mol. The predicted octanol–water partition coefficient (Wildman–Crippen LogP) is 3.86. The fourth-order valence-corrected chi connectivity index (χ4v) is 4.98. The highest BCUT2D eigenvalue weighted by atomic mass is 15.3. The molecule has 2 saturated heterocycles. The van der Waals surface area contributed by atoms with Crippen LogP contribution < -0.4 is 4.90 Å². The first-order valence-electron chi connectivity index (χ1n) is 11.2. The van der Waals surface area contributed by atoms with Gasteiger partial charge in [-0.25, -0.2) is 0 Å². The van der Waals surface area contributed by atoms with Gasteiger partial charge in [-0.1, -0.05) is 48.5 Å². The molecule has 0 saturated carbocycles. The van der Waals surface area contributed by atoms with Crippen LogP contribution in [0.5, 0.6) is 0 Å². The minimum Gasteiger partial charge on any atom is -0.369 e. The maximum Gasteiger partial charge on any atom is 0.0695 e. The van der Waals surface area contributed by atoms with Crippen LogP contribution in [0.2, 0.25) is 0 Å². The molecule has 1 N–H and O–H groups in total. The van der Waals surface area contributed by atoms with Crippen molar-refractivity contribution >= 4 is 5.69 Å². The molecule has 5 nitrogen and oxygen atoms in total. The van der Waals surface area contributed by atoms with Crippen molar-refractivity contribution in [3.63, 3.8) is 0 Å². The van der Waals surface area contributed by atoms with Crippen LogP contribution in [-0.2, 0) is 6.54 Å². The van der Waals surface area contributed by atoms with Crippen molar-refractivity contribution in [3.05, 3.63) is 72.4 Å². The van der Waals surface area contributed by atoms with Crippen molar-refractivity contribution in [1.82, 2.24) is 20.0 Å². The number of nitrogens with one attached hydrogen (secondary N) is 1. The van der Waals surface area contributed by atoms with Gasteiger partial charge in [0.2, 0.25) is 0 Å². The Morgan fingerprint density at radius 3 is 2.37 bits per heavy atom. The lowest BCUT2D eigenvalue weighted by Gasteiger charge is -2.44. The standard InChI is InChI=1S/C25H31N5/c1-3-8-21(9-4-1)25-22(18-26-27-25)19-28-13-7-12-24(20-28)30-16-14-29(15-17-30)23-10-5-2-6-11-23/h1-6,8-11,18,24H,7,12-17,19-20H2,(H,26,27)/t24-/m0/s1. The first-order valence-corrected chi connectivity index (χ1v) is 11.2. The smallest absolute Gasteiger partial charge is 0.0695 e. The van der Waals surface area contributed by atoms with Crippen molar-refractivity contribution in [2.24, 2.45) is 0 Å². The van der Waals surface area contributed by atoms with Crippen molar-refractivity contribution in [2.75, 3.05) is 44.2 Å². The number of H-pyrrole nitrogens is 1. The number of hydrogen-bond acceptors (Lipinski definition) is 4. The zero-order valence-corrected chi connectivity index (χ0v) is 17.6. The number of piperidine rings is 1. The van der Waals surface area contributed by atoms with E-state index in [1.54, 1.807) is 0 Å². The Morgan fingerprint density at radius 2 is 1.60 bits per heavy atom. The highest BCUT2D eigenvalue weighted by Gasteiger charge is 2.28. The van der Waals surface area contributed by atoms with E-state index in [0.717, 1.165) is 45.0 Å². The topological polar surface area (TPSA) is 38.4 Å². The van der Waals surface area contributed by atoms with E-state index in [0.29, 0.717) is 6.04 Å². The van der Waals surface area contributed by atoms with Gasteiger partial charge in [-0.2, -0.15) is 5.10 Å². The maximum atomic E-state index is 4.34. The molecule has 5 heteroatoms. The zero-order chi connectivity index (χ0) is 20.2. The molecule has 3 aromatic rings. The van der Waals surface area contributed by atoms with Gasteiger partial charge < -0.3 is 4.90 Å². The highest BCUT2D eigenvalue weighted by Crippen LogP contribution is 2.25. The monoisotopic (exact) mass is 401 g/mol. The van der Waals surface area contributed by atoms with Gasteiger partial charge in [0.05, 0.1) is 11.9 Å². The van der Waals surface area contributed by atoms with Gasteiger partial charge in [-0.05, 0) is 37.1 Å². The third kappa shape index (κ3) is 4.27.